The lowest BCUT2D eigenvalue weighted by molar-refractivity contribution is 0.141. The molecule has 4 nitrogen and oxygen atoms in total. The Morgan fingerprint density at radius 3 is 2.62 bits per heavy atom. The van der Waals surface area contributed by atoms with Crippen LogP contribution in [-0.2, 0) is 6.61 Å². The highest BCUT2D eigenvalue weighted by Gasteiger charge is 2.15. The Bertz CT molecular complexity index is 361. The molecule has 0 atom stereocenters. The Labute approximate surface area is 71.5 Å². The quantitative estimate of drug-likeness (QED) is 0.637. The van der Waals surface area contributed by atoms with Gasteiger partial charge in [0.05, 0.1) is 6.61 Å². The molecular formula is C7H7F2NO3. The second-order valence-electron chi connectivity index (χ2n) is 2.38. The number of alkyl halides is 2. The van der Waals surface area contributed by atoms with E-state index in [1.165, 1.54) is 0 Å². The summed E-state index contributed by atoms with van der Waals surface area (Å²) in [6.45, 7) is -0.605. The van der Waals surface area contributed by atoms with Gasteiger partial charge in [0, 0.05) is 5.56 Å². The molecule has 0 unspecified atom stereocenters. The highest BCUT2D eigenvalue weighted by Crippen LogP contribution is 2.24. The minimum atomic E-state index is -2.94. The van der Waals surface area contributed by atoms with Crippen LogP contribution in [0, 0.1) is 0 Å². The van der Waals surface area contributed by atoms with Gasteiger partial charge < -0.3 is 15.2 Å². The maximum atomic E-state index is 12.1. The van der Waals surface area contributed by atoms with Crippen LogP contribution < -0.4 is 5.56 Å². The van der Waals surface area contributed by atoms with Crippen LogP contribution in [0.4, 0.5) is 8.78 Å². The van der Waals surface area contributed by atoms with Crippen molar-refractivity contribution in [3.8, 4) is 5.75 Å². The summed E-state index contributed by atoms with van der Waals surface area (Å²) in [7, 11) is 0. The van der Waals surface area contributed by atoms with E-state index in [1.54, 1.807) is 4.98 Å². The molecule has 0 radical (unpaired) electrons. The van der Waals surface area contributed by atoms with Crippen molar-refractivity contribution < 1.29 is 19.0 Å². The van der Waals surface area contributed by atoms with Crippen LogP contribution in [0.1, 0.15) is 17.7 Å². The van der Waals surface area contributed by atoms with Crippen LogP contribution in [-0.4, -0.2) is 15.2 Å². The zero-order chi connectivity index (χ0) is 10.0. The van der Waals surface area contributed by atoms with Crippen LogP contribution in [0.2, 0.25) is 0 Å². The number of aromatic nitrogens is 1. The van der Waals surface area contributed by atoms with Crippen molar-refractivity contribution >= 4 is 0 Å². The number of aromatic hydroxyl groups is 1. The minimum Gasteiger partial charge on any atom is -0.506 e. The van der Waals surface area contributed by atoms with Gasteiger partial charge in [0.25, 0.3) is 12.0 Å². The van der Waals surface area contributed by atoms with Crippen LogP contribution in [0.15, 0.2) is 10.9 Å². The summed E-state index contributed by atoms with van der Waals surface area (Å²) in [4.78, 5) is 12.6. The molecule has 6 heteroatoms. The van der Waals surface area contributed by atoms with Crippen molar-refractivity contribution in [2.45, 2.75) is 13.0 Å². The largest absolute Gasteiger partial charge is 0.506 e. The molecule has 1 aromatic heterocycles. The zero-order valence-electron chi connectivity index (χ0n) is 6.42. The van der Waals surface area contributed by atoms with E-state index in [4.69, 9.17) is 10.2 Å². The Balaban J connectivity index is 3.29. The standard InChI is InChI=1S/C7H7F2NO3/c8-6(9)5-4(12)1-3(2-11)7(13)10-5/h1,6,11-12H,2H2,(H,10,13). The van der Waals surface area contributed by atoms with Crippen molar-refractivity contribution in [3.05, 3.63) is 27.7 Å². The summed E-state index contributed by atoms with van der Waals surface area (Å²) in [5, 5.41) is 17.5. The van der Waals surface area contributed by atoms with E-state index in [0.29, 0.717) is 0 Å². The molecule has 0 aliphatic carbocycles. The average Bonchev–Trinajstić information content (AvgIpc) is 2.07. The molecule has 0 aliphatic rings. The fraction of sp³-hybridized carbons (Fsp3) is 0.286. The smallest absolute Gasteiger partial charge is 0.281 e. The Morgan fingerprint density at radius 2 is 2.15 bits per heavy atom. The van der Waals surface area contributed by atoms with Crippen molar-refractivity contribution in [1.29, 1.82) is 0 Å². The normalized spacial score (nSPS) is 10.8. The maximum absolute atomic E-state index is 12.1. The van der Waals surface area contributed by atoms with Gasteiger partial charge >= 0.3 is 0 Å². The number of aliphatic hydroxyl groups excluding tert-OH is 1. The molecule has 0 saturated heterocycles. The number of pyridine rings is 1. The summed E-state index contributed by atoms with van der Waals surface area (Å²) >= 11 is 0. The SMILES string of the molecule is O=c1[nH]c(C(F)F)c(O)cc1CO. The molecule has 0 spiro atoms. The van der Waals surface area contributed by atoms with Crippen molar-refractivity contribution in [2.75, 3.05) is 0 Å². The van der Waals surface area contributed by atoms with E-state index in [9.17, 15) is 13.6 Å². The number of hydrogen-bond acceptors (Lipinski definition) is 3. The fourth-order valence-corrected chi connectivity index (χ4v) is 0.859. The Hall–Kier alpha value is -1.43. The maximum Gasteiger partial charge on any atom is 0.281 e. The topological polar surface area (TPSA) is 73.3 Å². The van der Waals surface area contributed by atoms with Gasteiger partial charge in [-0.1, -0.05) is 0 Å². The summed E-state index contributed by atoms with van der Waals surface area (Å²) in [6, 6.07) is 0.820. The molecule has 3 N–H and O–H groups in total. The van der Waals surface area contributed by atoms with E-state index in [0.717, 1.165) is 6.07 Å². The summed E-state index contributed by atoms with van der Waals surface area (Å²) in [6.07, 6.45) is -2.94. The lowest BCUT2D eigenvalue weighted by atomic mass is 10.2. The second kappa shape index (κ2) is 3.53. The summed E-state index contributed by atoms with van der Waals surface area (Å²) in [5.74, 6) is -0.723. The summed E-state index contributed by atoms with van der Waals surface area (Å²) in [5.41, 5.74) is -1.81. The third kappa shape index (κ3) is 1.83. The average molecular weight is 191 g/mol. The number of nitrogens with one attached hydrogen (secondary N) is 1. The number of rotatable bonds is 2. The van der Waals surface area contributed by atoms with Gasteiger partial charge in [-0.15, -0.1) is 0 Å². The predicted octanol–water partition coefficient (Wildman–Crippen LogP) is 0.510. The van der Waals surface area contributed by atoms with Gasteiger partial charge in [0.2, 0.25) is 0 Å². The predicted molar refractivity (Wildman–Crippen MR) is 39.6 cm³/mol. The first kappa shape index (κ1) is 9.66. The molecule has 0 bridgehead atoms. The molecule has 1 aromatic rings. The monoisotopic (exact) mass is 191 g/mol. The second-order valence-corrected chi connectivity index (χ2v) is 2.38. The fourth-order valence-electron chi connectivity index (χ4n) is 0.859. The van der Waals surface area contributed by atoms with E-state index in [-0.39, 0.29) is 5.56 Å². The molecule has 72 valence electrons. The Kier molecular flexibility index (Phi) is 2.62. The number of hydrogen-bond donors (Lipinski definition) is 3. The first-order valence-electron chi connectivity index (χ1n) is 3.40. The van der Waals surface area contributed by atoms with Crippen LogP contribution in [0.25, 0.3) is 0 Å². The lowest BCUT2D eigenvalue weighted by Crippen LogP contribution is -2.14. The molecule has 0 saturated carbocycles. The van der Waals surface area contributed by atoms with Crippen LogP contribution in [0.3, 0.4) is 0 Å². The highest BCUT2D eigenvalue weighted by atomic mass is 19.3. The number of aliphatic hydroxyl groups is 1. The first-order valence-corrected chi connectivity index (χ1v) is 3.40. The number of aromatic amines is 1. The lowest BCUT2D eigenvalue weighted by Gasteiger charge is -2.03. The third-order valence-electron chi connectivity index (χ3n) is 1.52. The van der Waals surface area contributed by atoms with Gasteiger partial charge in [0.1, 0.15) is 11.4 Å². The van der Waals surface area contributed by atoms with E-state index in [2.05, 4.69) is 0 Å². The van der Waals surface area contributed by atoms with Gasteiger partial charge in [-0.05, 0) is 6.07 Å². The van der Waals surface area contributed by atoms with Gasteiger partial charge in [0.15, 0.2) is 0 Å². The van der Waals surface area contributed by atoms with Gasteiger partial charge in [-0.25, -0.2) is 8.78 Å². The molecule has 1 heterocycles. The molecule has 0 aliphatic heterocycles. The molecule has 0 aromatic carbocycles. The minimum absolute atomic E-state index is 0.151. The summed E-state index contributed by atoms with van der Waals surface area (Å²) < 4.78 is 24.1. The first-order chi connectivity index (χ1) is 6.06. The van der Waals surface area contributed by atoms with Gasteiger partial charge in [-0.3, -0.25) is 4.79 Å². The number of halogens is 2. The third-order valence-corrected chi connectivity index (χ3v) is 1.52. The highest BCUT2D eigenvalue weighted by molar-refractivity contribution is 5.30. The van der Waals surface area contributed by atoms with E-state index >= 15 is 0 Å². The molecule has 0 fully saturated rings. The molecule has 0 amide bonds. The molecule has 13 heavy (non-hydrogen) atoms. The van der Waals surface area contributed by atoms with Crippen molar-refractivity contribution in [2.24, 2.45) is 0 Å². The van der Waals surface area contributed by atoms with Crippen LogP contribution >= 0.6 is 0 Å². The van der Waals surface area contributed by atoms with E-state index < -0.39 is 30.0 Å². The number of H-pyrrole nitrogens is 1. The molecular weight excluding hydrogens is 184 g/mol. The van der Waals surface area contributed by atoms with Gasteiger partial charge in [-0.2, -0.15) is 0 Å². The Morgan fingerprint density at radius 1 is 1.54 bits per heavy atom. The van der Waals surface area contributed by atoms with Crippen LogP contribution in [0.5, 0.6) is 5.75 Å². The molecule has 1 rings (SSSR count). The van der Waals surface area contributed by atoms with Crippen molar-refractivity contribution in [3.63, 3.8) is 0 Å². The van der Waals surface area contributed by atoms with Crippen molar-refractivity contribution in [1.82, 2.24) is 4.98 Å². The zero-order valence-corrected chi connectivity index (χ0v) is 6.42. The van der Waals surface area contributed by atoms with E-state index in [1.807, 2.05) is 0 Å².